The Balaban J connectivity index is 2.26. The Morgan fingerprint density at radius 2 is 1.67 bits per heavy atom. The summed E-state index contributed by atoms with van der Waals surface area (Å²) in [5.74, 6) is 1.07. The zero-order valence-corrected chi connectivity index (χ0v) is 15.0. The van der Waals surface area contributed by atoms with Crippen molar-refractivity contribution in [3.63, 3.8) is 0 Å². The van der Waals surface area contributed by atoms with Gasteiger partial charge in [-0.25, -0.2) is 0 Å². The third kappa shape index (κ3) is 4.02. The minimum atomic E-state index is 0.268. The summed E-state index contributed by atoms with van der Waals surface area (Å²) in [6.45, 7) is 11.2. The lowest BCUT2D eigenvalue weighted by Gasteiger charge is -2.21. The summed E-state index contributed by atoms with van der Waals surface area (Å²) in [5.41, 5.74) is 4.01. The van der Waals surface area contributed by atoms with E-state index in [0.717, 1.165) is 4.34 Å². The van der Waals surface area contributed by atoms with Crippen molar-refractivity contribution < 1.29 is 0 Å². The molecule has 114 valence electrons. The minimum Gasteiger partial charge on any atom is -0.377 e. The van der Waals surface area contributed by atoms with Crippen LogP contribution in [0.5, 0.6) is 0 Å². The molecule has 0 amide bonds. The highest BCUT2D eigenvalue weighted by molar-refractivity contribution is 7.16. The van der Waals surface area contributed by atoms with Crippen molar-refractivity contribution in [1.82, 2.24) is 0 Å². The van der Waals surface area contributed by atoms with Crippen molar-refractivity contribution in [3.8, 4) is 0 Å². The molecule has 0 aliphatic carbocycles. The van der Waals surface area contributed by atoms with Gasteiger partial charge in [0, 0.05) is 10.6 Å². The Labute approximate surface area is 137 Å². The number of thiophene rings is 1. The summed E-state index contributed by atoms with van der Waals surface area (Å²) in [4.78, 5) is 1.27. The molecule has 2 aromatic rings. The van der Waals surface area contributed by atoms with Crippen molar-refractivity contribution >= 4 is 28.6 Å². The molecule has 1 atom stereocenters. The monoisotopic (exact) mass is 321 g/mol. The van der Waals surface area contributed by atoms with Crippen LogP contribution in [-0.4, -0.2) is 0 Å². The van der Waals surface area contributed by atoms with Gasteiger partial charge in [0.1, 0.15) is 0 Å². The van der Waals surface area contributed by atoms with Crippen molar-refractivity contribution in [2.45, 2.75) is 52.5 Å². The van der Waals surface area contributed by atoms with E-state index < -0.39 is 0 Å². The highest BCUT2D eigenvalue weighted by Crippen LogP contribution is 2.33. The number of hydrogen-bond acceptors (Lipinski definition) is 2. The fourth-order valence-electron chi connectivity index (χ4n) is 2.41. The van der Waals surface area contributed by atoms with E-state index in [2.05, 4.69) is 64.2 Å². The van der Waals surface area contributed by atoms with Gasteiger partial charge in [-0.3, -0.25) is 0 Å². The van der Waals surface area contributed by atoms with E-state index in [9.17, 15) is 0 Å². The van der Waals surface area contributed by atoms with E-state index in [1.165, 1.54) is 21.7 Å². The number of halogens is 1. The van der Waals surface area contributed by atoms with E-state index in [1.54, 1.807) is 11.3 Å². The summed E-state index contributed by atoms with van der Waals surface area (Å²) in [6.07, 6.45) is 0. The van der Waals surface area contributed by atoms with E-state index in [4.69, 9.17) is 11.6 Å². The number of anilines is 1. The van der Waals surface area contributed by atoms with Gasteiger partial charge < -0.3 is 5.32 Å². The number of hydrogen-bond donors (Lipinski definition) is 1. The van der Waals surface area contributed by atoms with E-state index >= 15 is 0 Å². The Bertz CT molecular complexity index is 601. The molecule has 1 heterocycles. The Hall–Kier alpha value is -0.990. The molecule has 0 aliphatic rings. The molecule has 0 fully saturated rings. The number of nitrogens with one attached hydrogen (secondary N) is 1. The van der Waals surface area contributed by atoms with Crippen LogP contribution in [0.2, 0.25) is 4.34 Å². The maximum absolute atomic E-state index is 6.04. The van der Waals surface area contributed by atoms with Crippen molar-refractivity contribution in [2.24, 2.45) is 0 Å². The lowest BCUT2D eigenvalue weighted by atomic mass is 9.94. The van der Waals surface area contributed by atoms with Crippen LogP contribution in [0.25, 0.3) is 0 Å². The average Bonchev–Trinajstić information content (AvgIpc) is 2.85. The topological polar surface area (TPSA) is 12.0 Å². The van der Waals surface area contributed by atoms with Crippen LogP contribution in [0.1, 0.15) is 68.5 Å². The van der Waals surface area contributed by atoms with Gasteiger partial charge in [0.2, 0.25) is 0 Å². The Morgan fingerprint density at radius 1 is 0.952 bits per heavy atom. The van der Waals surface area contributed by atoms with E-state index in [0.29, 0.717) is 11.8 Å². The molecular weight excluding hydrogens is 298 g/mol. The van der Waals surface area contributed by atoms with Crippen molar-refractivity contribution in [2.75, 3.05) is 5.32 Å². The first-order chi connectivity index (χ1) is 9.88. The van der Waals surface area contributed by atoms with E-state index in [1.807, 2.05) is 6.07 Å². The molecule has 0 saturated carbocycles. The number of benzene rings is 1. The van der Waals surface area contributed by atoms with Crippen LogP contribution in [-0.2, 0) is 0 Å². The second kappa shape index (κ2) is 6.85. The highest BCUT2D eigenvalue weighted by atomic mass is 35.5. The maximum Gasteiger partial charge on any atom is 0.0932 e. The van der Waals surface area contributed by atoms with Crippen LogP contribution in [0.3, 0.4) is 0 Å². The summed E-state index contributed by atoms with van der Waals surface area (Å²) < 4.78 is 0.845. The first kappa shape index (κ1) is 16.4. The molecule has 0 aliphatic heterocycles. The molecule has 0 spiro atoms. The summed E-state index contributed by atoms with van der Waals surface area (Å²) in [5, 5.41) is 3.64. The van der Waals surface area contributed by atoms with Gasteiger partial charge in [0.05, 0.1) is 10.4 Å². The molecule has 0 saturated heterocycles. The molecule has 21 heavy (non-hydrogen) atoms. The minimum absolute atomic E-state index is 0.268. The second-order valence-electron chi connectivity index (χ2n) is 6.16. The first-order valence-electron chi connectivity index (χ1n) is 7.54. The average molecular weight is 322 g/mol. The Morgan fingerprint density at radius 3 is 2.19 bits per heavy atom. The zero-order valence-electron chi connectivity index (χ0n) is 13.4. The number of rotatable bonds is 5. The van der Waals surface area contributed by atoms with Crippen LogP contribution < -0.4 is 5.32 Å². The molecule has 0 radical (unpaired) electrons. The zero-order chi connectivity index (χ0) is 15.6. The first-order valence-corrected chi connectivity index (χ1v) is 8.73. The molecule has 2 rings (SSSR count). The predicted octanol–water partition coefficient (Wildman–Crippen LogP) is 6.82. The third-order valence-corrected chi connectivity index (χ3v) is 5.17. The van der Waals surface area contributed by atoms with Gasteiger partial charge in [0.25, 0.3) is 0 Å². The summed E-state index contributed by atoms with van der Waals surface area (Å²) in [6, 6.07) is 11.1. The SMILES string of the molecule is CC(C)c1ccc(NC(C)c2ccc(Cl)s2)c(C(C)C)c1. The largest absolute Gasteiger partial charge is 0.377 e. The third-order valence-electron chi connectivity index (χ3n) is 3.76. The molecular formula is C18H24ClNS. The fourth-order valence-corrected chi connectivity index (χ4v) is 3.48. The van der Waals surface area contributed by atoms with Gasteiger partial charge in [-0.05, 0) is 48.1 Å². The smallest absolute Gasteiger partial charge is 0.0932 e. The standard InChI is InChI=1S/C18H24ClNS/c1-11(2)14-6-7-16(15(10-14)12(3)4)20-13(5)17-8-9-18(19)21-17/h6-13,20H,1-5H3. The quantitative estimate of drug-likeness (QED) is 0.637. The van der Waals surface area contributed by atoms with Gasteiger partial charge in [0.15, 0.2) is 0 Å². The lowest BCUT2D eigenvalue weighted by Crippen LogP contribution is -2.08. The fraction of sp³-hybridized carbons (Fsp3) is 0.444. The van der Waals surface area contributed by atoms with Crippen molar-refractivity contribution in [1.29, 1.82) is 0 Å². The summed E-state index contributed by atoms with van der Waals surface area (Å²) >= 11 is 7.68. The van der Waals surface area contributed by atoms with Crippen LogP contribution in [0.15, 0.2) is 30.3 Å². The molecule has 1 nitrogen and oxygen atoms in total. The predicted molar refractivity (Wildman–Crippen MR) is 96.0 cm³/mol. The molecule has 1 N–H and O–H groups in total. The van der Waals surface area contributed by atoms with Gasteiger partial charge in [-0.15, -0.1) is 11.3 Å². The molecule has 3 heteroatoms. The van der Waals surface area contributed by atoms with Crippen LogP contribution in [0, 0.1) is 0 Å². The van der Waals surface area contributed by atoms with Gasteiger partial charge in [-0.1, -0.05) is 51.4 Å². The maximum atomic E-state index is 6.04. The molecule has 1 unspecified atom stereocenters. The second-order valence-corrected chi connectivity index (χ2v) is 7.91. The van der Waals surface area contributed by atoms with E-state index in [-0.39, 0.29) is 6.04 Å². The Kier molecular flexibility index (Phi) is 5.34. The molecule has 1 aromatic carbocycles. The van der Waals surface area contributed by atoms with Gasteiger partial charge in [-0.2, -0.15) is 0 Å². The van der Waals surface area contributed by atoms with Crippen molar-refractivity contribution in [3.05, 3.63) is 50.7 Å². The molecule has 1 aromatic heterocycles. The summed E-state index contributed by atoms with van der Waals surface area (Å²) in [7, 11) is 0. The van der Waals surface area contributed by atoms with Gasteiger partial charge >= 0.3 is 0 Å². The van der Waals surface area contributed by atoms with Crippen LogP contribution in [0.4, 0.5) is 5.69 Å². The normalized spacial score (nSPS) is 13.0. The van der Waals surface area contributed by atoms with Crippen LogP contribution >= 0.6 is 22.9 Å². The highest BCUT2D eigenvalue weighted by Gasteiger charge is 2.13. The lowest BCUT2D eigenvalue weighted by molar-refractivity contribution is 0.825. The molecule has 0 bridgehead atoms.